The van der Waals surface area contributed by atoms with E-state index in [-0.39, 0.29) is 13.2 Å². The summed E-state index contributed by atoms with van der Waals surface area (Å²) >= 11 is 0. The van der Waals surface area contributed by atoms with E-state index in [1.807, 2.05) is 19.9 Å². The van der Waals surface area contributed by atoms with E-state index in [4.69, 9.17) is 9.47 Å². The first kappa shape index (κ1) is 13.7. The minimum Gasteiger partial charge on any atom is -0.458 e. The van der Waals surface area contributed by atoms with Crippen LogP contribution in [-0.4, -0.2) is 25.8 Å². The third kappa shape index (κ3) is 7.70. The maximum Gasteiger partial charge on any atom is 0.336 e. The highest BCUT2D eigenvalue weighted by Crippen LogP contribution is 1.98. The summed E-state index contributed by atoms with van der Waals surface area (Å²) in [6.45, 7) is 11.9. The van der Waals surface area contributed by atoms with E-state index >= 15 is 0 Å². The summed E-state index contributed by atoms with van der Waals surface area (Å²) < 4.78 is 10.0. The number of carbonyl (C=O) groups excluding carboxylic acids is 1. The third-order valence-corrected chi connectivity index (χ3v) is 1.46. The van der Waals surface area contributed by atoms with Crippen molar-refractivity contribution >= 4 is 5.97 Å². The molecule has 0 aromatic heterocycles. The zero-order valence-corrected chi connectivity index (χ0v) is 9.41. The molecule has 0 amide bonds. The van der Waals surface area contributed by atoms with Gasteiger partial charge in [0.05, 0.1) is 18.8 Å². The fourth-order valence-electron chi connectivity index (χ4n) is 0.729. The normalized spacial score (nSPS) is 10.3. The molecule has 0 bridgehead atoms. The van der Waals surface area contributed by atoms with Gasteiger partial charge in [-0.15, -0.1) is 0 Å². The van der Waals surface area contributed by atoms with Crippen molar-refractivity contribution in [1.29, 1.82) is 0 Å². The van der Waals surface area contributed by atoms with E-state index in [1.165, 1.54) is 0 Å². The first-order chi connectivity index (χ1) is 7.07. The van der Waals surface area contributed by atoms with Crippen LogP contribution in [0.1, 0.15) is 13.8 Å². The molecule has 0 spiro atoms. The second-order valence-electron chi connectivity index (χ2n) is 3.22. The standard InChI is InChI=1S/C12H18O3/c1-5-6-7-15-12(13)11(4)9-14-8-10(2)3/h5-6H,2,4,7-9H2,1,3H3. The van der Waals surface area contributed by atoms with Crippen LogP contribution in [0, 0.1) is 0 Å². The molecule has 0 aliphatic rings. The Kier molecular flexibility index (Phi) is 7.28. The summed E-state index contributed by atoms with van der Waals surface area (Å²) in [5, 5.41) is 0. The molecule has 0 saturated carbocycles. The Morgan fingerprint density at radius 1 is 1.33 bits per heavy atom. The van der Waals surface area contributed by atoms with Gasteiger partial charge in [0.25, 0.3) is 0 Å². The van der Waals surface area contributed by atoms with E-state index in [2.05, 4.69) is 13.2 Å². The van der Waals surface area contributed by atoms with Crippen LogP contribution in [0.2, 0.25) is 0 Å². The van der Waals surface area contributed by atoms with Gasteiger partial charge in [0, 0.05) is 0 Å². The number of allylic oxidation sites excluding steroid dienone is 1. The summed E-state index contributed by atoms with van der Waals surface area (Å²) in [7, 11) is 0. The molecule has 0 fully saturated rings. The lowest BCUT2D eigenvalue weighted by molar-refractivity contribution is -0.138. The lowest BCUT2D eigenvalue weighted by atomic mass is 10.3. The lowest BCUT2D eigenvalue weighted by Gasteiger charge is -2.06. The van der Waals surface area contributed by atoms with Gasteiger partial charge in [0.2, 0.25) is 0 Å². The Hall–Kier alpha value is -1.35. The number of hydrogen-bond donors (Lipinski definition) is 0. The van der Waals surface area contributed by atoms with Crippen molar-refractivity contribution in [2.24, 2.45) is 0 Å². The predicted molar refractivity (Wildman–Crippen MR) is 60.5 cm³/mol. The Morgan fingerprint density at radius 3 is 2.53 bits per heavy atom. The van der Waals surface area contributed by atoms with Crippen LogP contribution in [0.4, 0.5) is 0 Å². The molecule has 0 aromatic carbocycles. The van der Waals surface area contributed by atoms with E-state index in [0.717, 1.165) is 5.57 Å². The van der Waals surface area contributed by atoms with Crippen LogP contribution in [-0.2, 0) is 14.3 Å². The summed E-state index contributed by atoms with van der Waals surface area (Å²) in [6.07, 6.45) is 3.56. The molecule has 0 heterocycles. The molecule has 0 aliphatic carbocycles. The summed E-state index contributed by atoms with van der Waals surface area (Å²) in [5.41, 5.74) is 1.23. The van der Waals surface area contributed by atoms with Gasteiger partial charge in [0.15, 0.2) is 0 Å². The summed E-state index contributed by atoms with van der Waals surface area (Å²) in [4.78, 5) is 11.2. The molecule has 0 rings (SSSR count). The first-order valence-electron chi connectivity index (χ1n) is 4.76. The van der Waals surface area contributed by atoms with Crippen LogP contribution in [0.5, 0.6) is 0 Å². The predicted octanol–water partition coefficient (Wildman–Crippen LogP) is 2.25. The molecular weight excluding hydrogens is 192 g/mol. The van der Waals surface area contributed by atoms with Crippen molar-refractivity contribution in [3.63, 3.8) is 0 Å². The van der Waals surface area contributed by atoms with Crippen molar-refractivity contribution in [3.8, 4) is 0 Å². The maximum atomic E-state index is 11.2. The summed E-state index contributed by atoms with van der Waals surface area (Å²) in [5.74, 6) is -0.421. The number of rotatable bonds is 7. The molecular formula is C12H18O3. The molecule has 0 saturated heterocycles. The third-order valence-electron chi connectivity index (χ3n) is 1.46. The summed E-state index contributed by atoms with van der Waals surface area (Å²) in [6, 6.07) is 0. The quantitative estimate of drug-likeness (QED) is 0.367. The molecule has 0 unspecified atom stereocenters. The average Bonchev–Trinajstić information content (AvgIpc) is 2.17. The second-order valence-corrected chi connectivity index (χ2v) is 3.22. The average molecular weight is 210 g/mol. The van der Waals surface area contributed by atoms with Crippen molar-refractivity contribution in [3.05, 3.63) is 36.5 Å². The molecule has 0 atom stereocenters. The van der Waals surface area contributed by atoms with E-state index in [1.54, 1.807) is 6.08 Å². The largest absolute Gasteiger partial charge is 0.458 e. The number of ether oxygens (including phenoxy) is 2. The SMILES string of the molecule is C=C(C)COCC(=C)C(=O)OCC=CC. The topological polar surface area (TPSA) is 35.5 Å². The van der Waals surface area contributed by atoms with E-state index < -0.39 is 5.97 Å². The van der Waals surface area contributed by atoms with Crippen LogP contribution < -0.4 is 0 Å². The lowest BCUT2D eigenvalue weighted by Crippen LogP contribution is -2.12. The second kappa shape index (κ2) is 8.00. The highest BCUT2D eigenvalue weighted by Gasteiger charge is 2.07. The van der Waals surface area contributed by atoms with Gasteiger partial charge in [0.1, 0.15) is 6.61 Å². The minimum atomic E-state index is -0.421. The monoisotopic (exact) mass is 210 g/mol. The van der Waals surface area contributed by atoms with Crippen LogP contribution in [0.25, 0.3) is 0 Å². The van der Waals surface area contributed by atoms with E-state index in [0.29, 0.717) is 12.2 Å². The molecule has 0 radical (unpaired) electrons. The highest BCUT2D eigenvalue weighted by atomic mass is 16.5. The van der Waals surface area contributed by atoms with Crippen molar-refractivity contribution in [1.82, 2.24) is 0 Å². The van der Waals surface area contributed by atoms with Gasteiger partial charge in [-0.2, -0.15) is 0 Å². The Morgan fingerprint density at radius 2 is 2.00 bits per heavy atom. The van der Waals surface area contributed by atoms with E-state index in [9.17, 15) is 4.79 Å². The Labute approximate surface area is 91.1 Å². The Balaban J connectivity index is 3.69. The van der Waals surface area contributed by atoms with Crippen LogP contribution >= 0.6 is 0 Å². The number of esters is 1. The molecule has 0 aliphatic heterocycles. The van der Waals surface area contributed by atoms with Gasteiger partial charge in [-0.05, 0) is 13.8 Å². The van der Waals surface area contributed by atoms with Crippen molar-refractivity contribution in [2.45, 2.75) is 13.8 Å². The van der Waals surface area contributed by atoms with Crippen LogP contribution in [0.3, 0.4) is 0 Å². The number of hydrogen-bond acceptors (Lipinski definition) is 3. The molecule has 0 aromatic rings. The maximum absolute atomic E-state index is 11.2. The molecule has 0 N–H and O–H groups in total. The molecule has 84 valence electrons. The smallest absolute Gasteiger partial charge is 0.336 e. The van der Waals surface area contributed by atoms with Gasteiger partial charge in [-0.1, -0.05) is 30.9 Å². The number of carbonyl (C=O) groups is 1. The van der Waals surface area contributed by atoms with Gasteiger partial charge < -0.3 is 9.47 Å². The van der Waals surface area contributed by atoms with Crippen molar-refractivity contribution in [2.75, 3.05) is 19.8 Å². The molecule has 3 heteroatoms. The highest BCUT2D eigenvalue weighted by molar-refractivity contribution is 5.88. The van der Waals surface area contributed by atoms with Gasteiger partial charge >= 0.3 is 5.97 Å². The van der Waals surface area contributed by atoms with Crippen LogP contribution in [0.15, 0.2) is 36.5 Å². The van der Waals surface area contributed by atoms with Gasteiger partial charge in [-0.3, -0.25) is 0 Å². The first-order valence-corrected chi connectivity index (χ1v) is 4.76. The van der Waals surface area contributed by atoms with Gasteiger partial charge in [-0.25, -0.2) is 4.79 Å². The zero-order valence-electron chi connectivity index (χ0n) is 9.41. The molecule has 3 nitrogen and oxygen atoms in total. The molecule has 15 heavy (non-hydrogen) atoms. The Bertz CT molecular complexity index is 264. The van der Waals surface area contributed by atoms with Crippen molar-refractivity contribution < 1.29 is 14.3 Å². The fraction of sp³-hybridized carbons (Fsp3) is 0.417. The zero-order chi connectivity index (χ0) is 11.7. The minimum absolute atomic E-state index is 0.182. The fourth-order valence-corrected chi connectivity index (χ4v) is 0.729.